The smallest absolute Gasteiger partial charge is 0.457 e. The summed E-state index contributed by atoms with van der Waals surface area (Å²) in [5, 5.41) is 3.28. The Labute approximate surface area is 180 Å². The fourth-order valence-corrected chi connectivity index (χ4v) is 3.45. The Morgan fingerprint density at radius 2 is 1.88 bits per heavy atom. The summed E-state index contributed by atoms with van der Waals surface area (Å²) in [6, 6.07) is 11.8. The van der Waals surface area contributed by atoms with Crippen LogP contribution in [0.25, 0.3) is 22.0 Å². The maximum Gasteiger partial charge on any atom is 0.490 e. The van der Waals surface area contributed by atoms with Gasteiger partial charge in [-0.05, 0) is 23.8 Å². The van der Waals surface area contributed by atoms with Gasteiger partial charge in [-0.1, -0.05) is 24.3 Å². The third-order valence-corrected chi connectivity index (χ3v) is 4.70. The molecule has 0 fully saturated rings. The van der Waals surface area contributed by atoms with Crippen molar-refractivity contribution in [3.8, 4) is 11.1 Å². The Morgan fingerprint density at radius 1 is 1.16 bits per heavy atom. The number of aromatic nitrogens is 2. The largest absolute Gasteiger partial charge is 0.490 e. The number of esters is 1. The van der Waals surface area contributed by atoms with E-state index in [0.717, 1.165) is 6.26 Å². The predicted molar refractivity (Wildman–Crippen MR) is 113 cm³/mol. The number of rotatable bonds is 7. The Morgan fingerprint density at radius 3 is 2.56 bits per heavy atom. The van der Waals surface area contributed by atoms with E-state index >= 15 is 0 Å². The van der Waals surface area contributed by atoms with Gasteiger partial charge in [0.2, 0.25) is 16.0 Å². The van der Waals surface area contributed by atoms with Gasteiger partial charge < -0.3 is 15.8 Å². The minimum atomic E-state index is -5.06. The molecule has 0 radical (unpaired) electrons. The minimum absolute atomic E-state index is 0.0908. The van der Waals surface area contributed by atoms with Gasteiger partial charge in [0, 0.05) is 10.9 Å². The number of carbonyl (C=O) groups excluding carboxylic acids is 1. The lowest BCUT2D eigenvalue weighted by atomic mass is 10.0. The van der Waals surface area contributed by atoms with E-state index in [0.29, 0.717) is 27.7 Å². The Hall–Kier alpha value is -3.61. The molecule has 0 aliphatic rings. The summed E-state index contributed by atoms with van der Waals surface area (Å²) < 4.78 is 66.5. The number of anilines is 3. The van der Waals surface area contributed by atoms with E-state index in [1.165, 1.54) is 0 Å². The highest BCUT2D eigenvalue weighted by atomic mass is 32.2. The van der Waals surface area contributed by atoms with E-state index in [9.17, 15) is 26.4 Å². The van der Waals surface area contributed by atoms with Crippen molar-refractivity contribution in [3.05, 3.63) is 42.5 Å². The molecular formula is C19H18F3N5O4S. The average molecular weight is 469 g/mol. The van der Waals surface area contributed by atoms with Crippen molar-refractivity contribution in [3.63, 3.8) is 0 Å². The van der Waals surface area contributed by atoms with Crippen molar-refractivity contribution < 1.29 is 31.1 Å². The topological polar surface area (TPSA) is 136 Å². The molecule has 4 N–H and O–H groups in total. The van der Waals surface area contributed by atoms with Crippen molar-refractivity contribution in [2.45, 2.75) is 6.18 Å². The average Bonchev–Trinajstić information content (AvgIpc) is 2.68. The van der Waals surface area contributed by atoms with Gasteiger partial charge in [0.05, 0.1) is 24.0 Å². The minimum Gasteiger partial charge on any atom is -0.457 e. The van der Waals surface area contributed by atoms with Gasteiger partial charge in [-0.15, -0.1) is 0 Å². The standard InChI is InChI=1S/C19H18F3N5O4S/c1-32(29,30)27-14-5-3-2-4-12(14)11-6-7-13-15(10-11)25-18(23)26-16(13)24-8-9-31-17(28)19(20,21)22/h2-7,10,27H,8-9H2,1H3,(H3,23,24,25,26). The van der Waals surface area contributed by atoms with Crippen LogP contribution in [0.5, 0.6) is 0 Å². The van der Waals surface area contributed by atoms with Gasteiger partial charge in [0.25, 0.3) is 0 Å². The first kappa shape index (κ1) is 23.1. The van der Waals surface area contributed by atoms with Crippen molar-refractivity contribution >= 4 is 44.3 Å². The lowest BCUT2D eigenvalue weighted by Crippen LogP contribution is -2.27. The summed E-state index contributed by atoms with van der Waals surface area (Å²) in [6.07, 6.45) is -4.02. The van der Waals surface area contributed by atoms with Crippen molar-refractivity contribution in [1.82, 2.24) is 9.97 Å². The summed E-state index contributed by atoms with van der Waals surface area (Å²) in [5.74, 6) is -2.13. The van der Waals surface area contributed by atoms with E-state index in [4.69, 9.17) is 5.73 Å². The third-order valence-electron chi connectivity index (χ3n) is 4.11. The first-order chi connectivity index (χ1) is 14.9. The lowest BCUT2D eigenvalue weighted by molar-refractivity contribution is -0.199. The van der Waals surface area contributed by atoms with Crippen LogP contribution in [-0.4, -0.2) is 49.9 Å². The molecule has 0 spiro atoms. The van der Waals surface area contributed by atoms with Gasteiger partial charge in [-0.2, -0.15) is 18.2 Å². The van der Waals surface area contributed by atoms with Crippen LogP contribution >= 0.6 is 0 Å². The van der Waals surface area contributed by atoms with Gasteiger partial charge in [-0.25, -0.2) is 18.2 Å². The molecule has 2 aromatic carbocycles. The number of nitrogen functional groups attached to an aromatic ring is 1. The van der Waals surface area contributed by atoms with E-state index < -0.39 is 28.8 Å². The summed E-state index contributed by atoms with van der Waals surface area (Å²) in [4.78, 5) is 19.0. The van der Waals surface area contributed by atoms with Gasteiger partial charge in [0.1, 0.15) is 12.4 Å². The van der Waals surface area contributed by atoms with Crippen LogP contribution in [0, 0.1) is 0 Å². The number of sulfonamides is 1. The van der Waals surface area contributed by atoms with Crippen LogP contribution in [0.4, 0.5) is 30.6 Å². The normalized spacial score (nSPS) is 11.9. The number of alkyl halides is 3. The molecule has 32 heavy (non-hydrogen) atoms. The number of halogens is 3. The molecule has 3 aromatic rings. The highest BCUT2D eigenvalue weighted by Crippen LogP contribution is 2.32. The second kappa shape index (κ2) is 8.86. The Bertz CT molecular complexity index is 1270. The second-order valence-electron chi connectivity index (χ2n) is 6.64. The monoisotopic (exact) mass is 469 g/mol. The Kier molecular flexibility index (Phi) is 6.39. The number of hydrogen-bond acceptors (Lipinski definition) is 8. The highest BCUT2D eigenvalue weighted by Gasteiger charge is 2.40. The number of para-hydroxylation sites is 1. The zero-order valence-corrected chi connectivity index (χ0v) is 17.4. The molecule has 9 nitrogen and oxygen atoms in total. The fourth-order valence-electron chi connectivity index (χ4n) is 2.87. The SMILES string of the molecule is CS(=O)(=O)Nc1ccccc1-c1ccc2c(NCCOC(=O)C(F)(F)F)nc(N)nc2c1. The molecule has 0 bridgehead atoms. The predicted octanol–water partition coefficient (Wildman–Crippen LogP) is 2.77. The van der Waals surface area contributed by atoms with Crippen LogP contribution in [0.1, 0.15) is 0 Å². The van der Waals surface area contributed by atoms with Gasteiger partial charge in [-0.3, -0.25) is 4.72 Å². The van der Waals surface area contributed by atoms with Crippen LogP contribution in [0.2, 0.25) is 0 Å². The summed E-state index contributed by atoms with van der Waals surface area (Å²) >= 11 is 0. The molecule has 0 atom stereocenters. The maximum absolute atomic E-state index is 12.2. The molecule has 0 aliphatic heterocycles. The number of nitrogens with two attached hydrogens (primary N) is 1. The molecule has 0 saturated carbocycles. The van der Waals surface area contributed by atoms with Gasteiger partial charge >= 0.3 is 12.1 Å². The molecule has 0 saturated heterocycles. The molecular weight excluding hydrogens is 451 g/mol. The maximum atomic E-state index is 12.2. The first-order valence-corrected chi connectivity index (χ1v) is 11.0. The number of nitrogens with zero attached hydrogens (tertiary/aromatic N) is 2. The molecule has 1 heterocycles. The molecule has 0 unspecified atom stereocenters. The summed E-state index contributed by atoms with van der Waals surface area (Å²) in [6.45, 7) is -0.678. The number of fused-ring (bicyclic) bond motifs is 1. The fraction of sp³-hybridized carbons (Fsp3) is 0.211. The van der Waals surface area contributed by atoms with Crippen molar-refractivity contribution in [1.29, 1.82) is 0 Å². The van der Waals surface area contributed by atoms with E-state index in [1.54, 1.807) is 42.5 Å². The first-order valence-electron chi connectivity index (χ1n) is 9.06. The zero-order valence-electron chi connectivity index (χ0n) is 16.6. The number of nitrogens with one attached hydrogen (secondary N) is 2. The molecule has 13 heteroatoms. The third kappa shape index (κ3) is 5.75. The summed E-state index contributed by atoms with van der Waals surface area (Å²) in [7, 11) is -3.50. The van der Waals surface area contributed by atoms with Gasteiger partial charge in [0.15, 0.2) is 0 Å². The van der Waals surface area contributed by atoms with Crippen molar-refractivity contribution in [2.24, 2.45) is 0 Å². The van der Waals surface area contributed by atoms with E-state index in [-0.39, 0.29) is 18.3 Å². The summed E-state index contributed by atoms with van der Waals surface area (Å²) in [5.41, 5.74) is 7.79. The number of carbonyl (C=O) groups is 1. The molecule has 1 aromatic heterocycles. The lowest BCUT2D eigenvalue weighted by Gasteiger charge is -2.13. The number of ether oxygens (including phenoxy) is 1. The van der Waals surface area contributed by atoms with Crippen LogP contribution in [0.3, 0.4) is 0 Å². The second-order valence-corrected chi connectivity index (χ2v) is 8.39. The van der Waals surface area contributed by atoms with Crippen molar-refractivity contribution in [2.75, 3.05) is 35.2 Å². The zero-order chi connectivity index (χ0) is 23.5. The number of hydrogen-bond donors (Lipinski definition) is 3. The van der Waals surface area contributed by atoms with Crippen LogP contribution < -0.4 is 15.8 Å². The highest BCUT2D eigenvalue weighted by molar-refractivity contribution is 7.92. The van der Waals surface area contributed by atoms with Crippen LogP contribution in [-0.2, 0) is 19.6 Å². The molecule has 0 aliphatic carbocycles. The molecule has 3 rings (SSSR count). The number of benzene rings is 2. The Balaban J connectivity index is 1.86. The van der Waals surface area contributed by atoms with E-state index in [2.05, 4.69) is 24.7 Å². The van der Waals surface area contributed by atoms with Crippen LogP contribution in [0.15, 0.2) is 42.5 Å². The molecule has 0 amide bonds. The quantitative estimate of drug-likeness (QED) is 0.355. The molecule has 170 valence electrons. The van der Waals surface area contributed by atoms with E-state index in [1.807, 2.05) is 0 Å².